The second-order valence-corrected chi connectivity index (χ2v) is 7.84. The van der Waals surface area contributed by atoms with E-state index in [1.165, 1.54) is 18.2 Å². The summed E-state index contributed by atoms with van der Waals surface area (Å²) in [5.74, 6) is 0.350. The van der Waals surface area contributed by atoms with E-state index in [0.29, 0.717) is 37.2 Å². The molecule has 0 aliphatic carbocycles. The van der Waals surface area contributed by atoms with E-state index in [0.717, 1.165) is 17.7 Å². The number of nitro groups is 1. The Balaban J connectivity index is 1.62. The number of aryl methyl sites for hydroxylation is 2. The molecule has 1 aliphatic heterocycles. The van der Waals surface area contributed by atoms with Crippen LogP contribution in [-0.2, 0) is 4.79 Å². The maximum atomic E-state index is 13.0. The van der Waals surface area contributed by atoms with E-state index >= 15 is 0 Å². The summed E-state index contributed by atoms with van der Waals surface area (Å²) in [5, 5.41) is 11.0. The van der Waals surface area contributed by atoms with Crippen LogP contribution in [0.4, 0.5) is 5.69 Å². The molecule has 0 radical (unpaired) electrons. The molecule has 1 unspecified atom stereocenters. The molecule has 0 aromatic heterocycles. The summed E-state index contributed by atoms with van der Waals surface area (Å²) in [7, 11) is 1.71. The lowest BCUT2D eigenvalue weighted by atomic mass is 10.1. The molecule has 1 fully saturated rings. The second kappa shape index (κ2) is 9.59. The van der Waals surface area contributed by atoms with Crippen LogP contribution < -0.4 is 4.74 Å². The van der Waals surface area contributed by atoms with Crippen molar-refractivity contribution in [1.82, 2.24) is 9.80 Å². The molecule has 1 saturated heterocycles. The van der Waals surface area contributed by atoms with Gasteiger partial charge in [0.1, 0.15) is 18.4 Å². The van der Waals surface area contributed by atoms with E-state index in [9.17, 15) is 19.7 Å². The Hall–Kier alpha value is -3.42. The van der Waals surface area contributed by atoms with Gasteiger partial charge in [-0.05, 0) is 56.5 Å². The third kappa shape index (κ3) is 5.20. The standard InChI is InChI=1S/C23H27N3O5/c1-16-6-4-7-19(14-16)31-13-12-24(3)23(28)21-8-5-11-25(21)22(27)18-9-10-20(26(29)30)17(2)15-18/h4,6-7,9-10,14-15,21H,5,8,11-13H2,1-3H3. The first-order valence-corrected chi connectivity index (χ1v) is 10.3. The molecule has 0 N–H and O–H groups in total. The van der Waals surface area contributed by atoms with Gasteiger partial charge in [0.2, 0.25) is 5.91 Å². The molecule has 8 heteroatoms. The Morgan fingerprint density at radius 1 is 1.23 bits per heavy atom. The third-order valence-electron chi connectivity index (χ3n) is 5.50. The number of ether oxygens (including phenoxy) is 1. The highest BCUT2D eigenvalue weighted by atomic mass is 16.6. The highest BCUT2D eigenvalue weighted by Gasteiger charge is 2.36. The van der Waals surface area contributed by atoms with Crippen molar-refractivity contribution < 1.29 is 19.2 Å². The summed E-state index contributed by atoms with van der Waals surface area (Å²) in [5.41, 5.74) is 1.85. The van der Waals surface area contributed by atoms with Gasteiger partial charge in [0.25, 0.3) is 11.6 Å². The largest absolute Gasteiger partial charge is 0.492 e. The molecule has 1 aliphatic rings. The van der Waals surface area contributed by atoms with Crippen molar-refractivity contribution in [1.29, 1.82) is 0 Å². The van der Waals surface area contributed by atoms with Crippen molar-refractivity contribution in [2.24, 2.45) is 0 Å². The van der Waals surface area contributed by atoms with Crippen molar-refractivity contribution in [3.05, 3.63) is 69.3 Å². The Morgan fingerprint density at radius 2 is 2.00 bits per heavy atom. The van der Waals surface area contributed by atoms with Crippen LogP contribution in [-0.4, -0.2) is 59.3 Å². The fourth-order valence-corrected chi connectivity index (χ4v) is 3.80. The first-order chi connectivity index (χ1) is 14.8. The lowest BCUT2D eigenvalue weighted by Crippen LogP contribution is -2.47. The van der Waals surface area contributed by atoms with Gasteiger partial charge >= 0.3 is 0 Å². The summed E-state index contributed by atoms with van der Waals surface area (Å²) < 4.78 is 5.73. The topological polar surface area (TPSA) is 93.0 Å². The van der Waals surface area contributed by atoms with Crippen LogP contribution >= 0.6 is 0 Å². The van der Waals surface area contributed by atoms with E-state index in [1.54, 1.807) is 23.8 Å². The summed E-state index contributed by atoms with van der Waals surface area (Å²) in [6.07, 6.45) is 1.33. The van der Waals surface area contributed by atoms with Crippen LogP contribution in [0.3, 0.4) is 0 Å². The van der Waals surface area contributed by atoms with Gasteiger partial charge in [-0.1, -0.05) is 12.1 Å². The second-order valence-electron chi connectivity index (χ2n) is 7.84. The van der Waals surface area contributed by atoms with Gasteiger partial charge in [-0.3, -0.25) is 19.7 Å². The molecule has 2 amide bonds. The average molecular weight is 425 g/mol. The van der Waals surface area contributed by atoms with E-state index in [-0.39, 0.29) is 17.5 Å². The molecular weight excluding hydrogens is 398 g/mol. The smallest absolute Gasteiger partial charge is 0.272 e. The number of carbonyl (C=O) groups is 2. The average Bonchev–Trinajstić information content (AvgIpc) is 3.22. The van der Waals surface area contributed by atoms with Crippen molar-refractivity contribution >= 4 is 17.5 Å². The summed E-state index contributed by atoms with van der Waals surface area (Å²) in [4.78, 5) is 39.7. The SMILES string of the molecule is Cc1cccc(OCCN(C)C(=O)C2CCCN2C(=O)c2ccc([N+](=O)[O-])c(C)c2)c1. The van der Waals surface area contributed by atoms with Gasteiger partial charge in [0.05, 0.1) is 11.5 Å². The van der Waals surface area contributed by atoms with Gasteiger partial charge in [-0.25, -0.2) is 0 Å². The Morgan fingerprint density at radius 3 is 2.68 bits per heavy atom. The van der Waals surface area contributed by atoms with E-state index in [4.69, 9.17) is 4.74 Å². The van der Waals surface area contributed by atoms with Crippen LogP contribution in [0.2, 0.25) is 0 Å². The van der Waals surface area contributed by atoms with Crippen LogP contribution in [0.25, 0.3) is 0 Å². The van der Waals surface area contributed by atoms with Gasteiger partial charge in [0, 0.05) is 30.8 Å². The van der Waals surface area contributed by atoms with Crippen LogP contribution in [0.1, 0.15) is 34.3 Å². The number of hydrogen-bond donors (Lipinski definition) is 0. The third-order valence-corrected chi connectivity index (χ3v) is 5.50. The van der Waals surface area contributed by atoms with Crippen LogP contribution in [0.5, 0.6) is 5.75 Å². The molecule has 0 bridgehead atoms. The van der Waals surface area contributed by atoms with Gasteiger partial charge in [-0.15, -0.1) is 0 Å². The molecule has 2 aromatic rings. The lowest BCUT2D eigenvalue weighted by molar-refractivity contribution is -0.385. The molecule has 31 heavy (non-hydrogen) atoms. The normalized spacial score (nSPS) is 15.6. The summed E-state index contributed by atoms with van der Waals surface area (Å²) in [6.45, 7) is 4.83. The molecule has 1 heterocycles. The predicted molar refractivity (Wildman–Crippen MR) is 116 cm³/mol. The number of amides is 2. The molecule has 164 valence electrons. The van der Waals surface area contributed by atoms with Crippen LogP contribution in [0.15, 0.2) is 42.5 Å². The minimum Gasteiger partial charge on any atom is -0.492 e. The minimum absolute atomic E-state index is 0.0288. The summed E-state index contributed by atoms with van der Waals surface area (Å²) >= 11 is 0. The zero-order valence-electron chi connectivity index (χ0n) is 18.0. The van der Waals surface area contributed by atoms with Crippen molar-refractivity contribution in [2.45, 2.75) is 32.7 Å². The molecular formula is C23H27N3O5. The number of carbonyl (C=O) groups excluding carboxylic acids is 2. The Bertz CT molecular complexity index is 991. The van der Waals surface area contributed by atoms with Gasteiger partial charge < -0.3 is 14.5 Å². The molecule has 1 atom stereocenters. The number of benzene rings is 2. The monoisotopic (exact) mass is 425 g/mol. The predicted octanol–water partition coefficient (Wildman–Crippen LogP) is 3.35. The van der Waals surface area contributed by atoms with Crippen LogP contribution in [0, 0.1) is 24.0 Å². The molecule has 2 aromatic carbocycles. The number of nitrogens with zero attached hydrogens (tertiary/aromatic N) is 3. The number of likely N-dealkylation sites (N-methyl/N-ethyl adjacent to an activating group) is 1. The highest BCUT2D eigenvalue weighted by molar-refractivity contribution is 5.98. The van der Waals surface area contributed by atoms with Gasteiger partial charge in [0.15, 0.2) is 0 Å². The number of hydrogen-bond acceptors (Lipinski definition) is 5. The number of nitro benzene ring substituents is 1. The molecule has 3 rings (SSSR count). The fraction of sp³-hybridized carbons (Fsp3) is 0.391. The number of likely N-dealkylation sites (tertiary alicyclic amines) is 1. The highest BCUT2D eigenvalue weighted by Crippen LogP contribution is 2.24. The zero-order valence-corrected chi connectivity index (χ0v) is 18.0. The quantitative estimate of drug-likeness (QED) is 0.501. The maximum Gasteiger partial charge on any atom is 0.272 e. The molecule has 0 saturated carbocycles. The first-order valence-electron chi connectivity index (χ1n) is 10.3. The first kappa shape index (κ1) is 22.3. The van der Waals surface area contributed by atoms with Crippen molar-refractivity contribution in [2.75, 3.05) is 26.7 Å². The lowest BCUT2D eigenvalue weighted by Gasteiger charge is -2.28. The van der Waals surface area contributed by atoms with Crippen molar-refractivity contribution in [3.63, 3.8) is 0 Å². The molecule has 0 spiro atoms. The fourth-order valence-electron chi connectivity index (χ4n) is 3.80. The van der Waals surface area contributed by atoms with E-state index in [2.05, 4.69) is 0 Å². The van der Waals surface area contributed by atoms with E-state index < -0.39 is 11.0 Å². The summed E-state index contributed by atoms with van der Waals surface area (Å²) in [6, 6.07) is 11.5. The Labute approximate surface area is 181 Å². The Kier molecular flexibility index (Phi) is 6.89. The zero-order chi connectivity index (χ0) is 22.5. The minimum atomic E-state index is -0.535. The van der Waals surface area contributed by atoms with Crippen molar-refractivity contribution in [3.8, 4) is 5.75 Å². The van der Waals surface area contributed by atoms with E-state index in [1.807, 2.05) is 31.2 Å². The maximum absolute atomic E-state index is 13.0. The number of rotatable bonds is 7. The molecule has 8 nitrogen and oxygen atoms in total. The van der Waals surface area contributed by atoms with Gasteiger partial charge in [-0.2, -0.15) is 0 Å².